The van der Waals surface area contributed by atoms with E-state index in [2.05, 4.69) is 35.1 Å². The van der Waals surface area contributed by atoms with Gasteiger partial charge >= 0.3 is 5.97 Å². The zero-order valence-corrected chi connectivity index (χ0v) is 19.9. The molecule has 6 nitrogen and oxygen atoms in total. The standard InChI is InChI=1S/C24H28BrNO5/c1-11-5-6-16-22(2,3)19(27)15(25)9-24(16)23(11,4)8-12-7-13(21(29)30)17-14(18(12)31-24)10-26-20(17)28/h7,11,15-16H,5-6,8-10H2,1-4H3,(H,26,28)(H,29,30)/t11-,15?,16-,23+,24-/m0/s1. The smallest absolute Gasteiger partial charge is 0.336 e. The molecule has 31 heavy (non-hydrogen) atoms. The van der Waals surface area contributed by atoms with Gasteiger partial charge in [-0.3, -0.25) is 9.59 Å². The second-order valence-corrected chi connectivity index (χ2v) is 11.7. The molecule has 2 fully saturated rings. The molecule has 0 bridgehead atoms. The summed E-state index contributed by atoms with van der Waals surface area (Å²) in [5.41, 5.74) is 0.407. The molecule has 5 atom stereocenters. The van der Waals surface area contributed by atoms with Crippen LogP contribution in [0.25, 0.3) is 0 Å². The molecule has 1 aromatic rings. The van der Waals surface area contributed by atoms with Crippen molar-refractivity contribution in [2.75, 3.05) is 0 Å². The zero-order valence-electron chi connectivity index (χ0n) is 18.3. The monoisotopic (exact) mass is 489 g/mol. The van der Waals surface area contributed by atoms with Gasteiger partial charge in [-0.15, -0.1) is 0 Å². The predicted octanol–water partition coefficient (Wildman–Crippen LogP) is 4.12. The summed E-state index contributed by atoms with van der Waals surface area (Å²) in [7, 11) is 0. The molecule has 2 N–H and O–H groups in total. The second kappa shape index (κ2) is 6.33. The van der Waals surface area contributed by atoms with Crippen molar-refractivity contribution in [3.05, 3.63) is 28.3 Å². The fourth-order valence-electron chi connectivity index (χ4n) is 7.06. The van der Waals surface area contributed by atoms with Gasteiger partial charge in [0.05, 0.1) is 16.0 Å². The van der Waals surface area contributed by atoms with Gasteiger partial charge in [0.15, 0.2) is 5.78 Å². The van der Waals surface area contributed by atoms with Crippen LogP contribution in [0, 0.1) is 22.7 Å². The van der Waals surface area contributed by atoms with Crippen molar-refractivity contribution in [3.8, 4) is 5.75 Å². The van der Waals surface area contributed by atoms with E-state index in [1.165, 1.54) is 0 Å². The van der Waals surface area contributed by atoms with Gasteiger partial charge in [-0.2, -0.15) is 0 Å². The van der Waals surface area contributed by atoms with Crippen LogP contribution < -0.4 is 10.1 Å². The first-order valence-corrected chi connectivity index (χ1v) is 11.9. The van der Waals surface area contributed by atoms with Crippen molar-refractivity contribution in [1.82, 2.24) is 5.32 Å². The zero-order chi connectivity index (χ0) is 22.5. The molecular formula is C24H28BrNO5. The summed E-state index contributed by atoms with van der Waals surface area (Å²) in [6.07, 6.45) is 3.17. The second-order valence-electron chi connectivity index (χ2n) is 10.6. The maximum Gasteiger partial charge on any atom is 0.336 e. The highest BCUT2D eigenvalue weighted by Gasteiger charge is 2.69. The number of ketones is 1. The molecular weight excluding hydrogens is 462 g/mol. The Balaban J connectivity index is 1.76. The number of rotatable bonds is 1. The Morgan fingerprint density at radius 1 is 1.26 bits per heavy atom. The minimum atomic E-state index is -1.10. The number of fused-ring (bicyclic) bond motifs is 3. The first-order chi connectivity index (χ1) is 14.4. The van der Waals surface area contributed by atoms with Gasteiger partial charge in [0.2, 0.25) is 0 Å². The molecule has 5 rings (SSSR count). The lowest BCUT2D eigenvalue weighted by Crippen LogP contribution is -2.71. The number of benzene rings is 1. The van der Waals surface area contributed by atoms with E-state index < -0.39 is 17.0 Å². The van der Waals surface area contributed by atoms with Gasteiger partial charge in [0.25, 0.3) is 5.91 Å². The van der Waals surface area contributed by atoms with Crippen molar-refractivity contribution in [3.63, 3.8) is 0 Å². The fourth-order valence-corrected chi connectivity index (χ4v) is 8.13. The maximum atomic E-state index is 13.1. The number of alkyl halides is 1. The quantitative estimate of drug-likeness (QED) is 0.578. The van der Waals surface area contributed by atoms with E-state index in [1.54, 1.807) is 6.07 Å². The third-order valence-electron chi connectivity index (χ3n) is 8.96. The average molecular weight is 490 g/mol. The van der Waals surface area contributed by atoms with Crippen molar-refractivity contribution in [2.24, 2.45) is 22.7 Å². The van der Waals surface area contributed by atoms with E-state index in [-0.39, 0.29) is 45.5 Å². The van der Waals surface area contributed by atoms with Crippen LogP contribution in [0.15, 0.2) is 6.07 Å². The highest BCUT2D eigenvalue weighted by Crippen LogP contribution is 2.66. The van der Waals surface area contributed by atoms with Crippen LogP contribution in [-0.2, 0) is 17.8 Å². The summed E-state index contributed by atoms with van der Waals surface area (Å²) >= 11 is 3.66. The number of hydrogen-bond acceptors (Lipinski definition) is 4. The lowest BCUT2D eigenvalue weighted by molar-refractivity contribution is -0.207. The predicted molar refractivity (Wildman–Crippen MR) is 118 cm³/mol. The molecule has 1 amide bonds. The number of ether oxygens (including phenoxy) is 1. The number of carboxylic acid groups (broad SMARTS) is 1. The molecule has 2 heterocycles. The molecule has 2 aliphatic heterocycles. The van der Waals surface area contributed by atoms with E-state index in [4.69, 9.17) is 4.74 Å². The molecule has 2 aliphatic carbocycles. The van der Waals surface area contributed by atoms with Crippen molar-refractivity contribution < 1.29 is 24.2 Å². The molecule has 0 saturated heterocycles. The molecule has 1 spiro atoms. The largest absolute Gasteiger partial charge is 0.486 e. The highest BCUT2D eigenvalue weighted by atomic mass is 79.9. The summed E-state index contributed by atoms with van der Waals surface area (Å²) in [5, 5.41) is 12.5. The molecule has 0 radical (unpaired) electrons. The van der Waals surface area contributed by atoms with Gasteiger partial charge in [0, 0.05) is 35.3 Å². The number of carbonyl (C=O) groups excluding carboxylic acids is 2. The maximum absolute atomic E-state index is 13.1. The number of nitrogens with one attached hydrogen (secondary N) is 1. The highest BCUT2D eigenvalue weighted by molar-refractivity contribution is 9.10. The van der Waals surface area contributed by atoms with Crippen LogP contribution in [-0.4, -0.2) is 33.2 Å². The van der Waals surface area contributed by atoms with Crippen LogP contribution in [0.5, 0.6) is 5.75 Å². The van der Waals surface area contributed by atoms with Crippen molar-refractivity contribution in [1.29, 1.82) is 0 Å². The number of carboxylic acids is 1. The fraction of sp³-hybridized carbons (Fsp3) is 0.625. The summed E-state index contributed by atoms with van der Waals surface area (Å²) in [4.78, 5) is 37.3. The van der Waals surface area contributed by atoms with Crippen molar-refractivity contribution in [2.45, 2.75) is 70.4 Å². The first-order valence-electron chi connectivity index (χ1n) is 11.0. The third-order valence-corrected chi connectivity index (χ3v) is 9.70. The number of halogens is 1. The third kappa shape index (κ3) is 2.47. The Kier molecular flexibility index (Phi) is 4.29. The normalized spacial score (nSPS) is 37.6. The number of hydrogen-bond donors (Lipinski definition) is 2. The van der Waals surface area contributed by atoms with Crippen LogP contribution in [0.1, 0.15) is 78.8 Å². The summed E-state index contributed by atoms with van der Waals surface area (Å²) < 4.78 is 7.01. The summed E-state index contributed by atoms with van der Waals surface area (Å²) in [6, 6.07) is 1.64. The molecule has 7 heteroatoms. The van der Waals surface area contributed by atoms with Crippen LogP contribution in [0.3, 0.4) is 0 Å². The van der Waals surface area contributed by atoms with Crippen LogP contribution >= 0.6 is 15.9 Å². The molecule has 4 aliphatic rings. The lowest BCUT2D eigenvalue weighted by Gasteiger charge is -2.66. The number of aromatic carboxylic acids is 1. The van der Waals surface area contributed by atoms with E-state index in [1.807, 2.05) is 13.8 Å². The van der Waals surface area contributed by atoms with Gasteiger partial charge < -0.3 is 15.2 Å². The Morgan fingerprint density at radius 3 is 2.65 bits per heavy atom. The minimum absolute atomic E-state index is 0.0458. The summed E-state index contributed by atoms with van der Waals surface area (Å²) in [5.74, 6) is -0.188. The first kappa shape index (κ1) is 21.0. The Morgan fingerprint density at radius 2 is 1.97 bits per heavy atom. The molecule has 2 saturated carbocycles. The Hall–Kier alpha value is -1.89. The Labute approximate surface area is 190 Å². The van der Waals surface area contributed by atoms with Crippen molar-refractivity contribution >= 4 is 33.6 Å². The molecule has 0 aromatic heterocycles. The molecule has 166 valence electrons. The number of amides is 1. The van der Waals surface area contributed by atoms with Gasteiger partial charge in [-0.25, -0.2) is 4.79 Å². The number of Topliss-reactive ketones (excluding diaryl/α,β-unsaturated/α-hetero) is 1. The SMILES string of the molecule is C[C@H]1CC[C@H]2C(C)(C)C(=O)C(Br)C[C@]23Oc2c(cc(C(=O)O)c4c2CNC4=O)C[C@]13C. The van der Waals surface area contributed by atoms with E-state index in [0.717, 1.165) is 18.4 Å². The Bertz CT molecular complexity index is 1050. The van der Waals surface area contributed by atoms with E-state index in [0.29, 0.717) is 30.1 Å². The van der Waals surface area contributed by atoms with Crippen LogP contribution in [0.2, 0.25) is 0 Å². The van der Waals surface area contributed by atoms with Gasteiger partial charge in [-0.05, 0) is 36.8 Å². The molecule has 1 unspecified atom stereocenters. The van der Waals surface area contributed by atoms with Gasteiger partial charge in [0.1, 0.15) is 11.4 Å². The van der Waals surface area contributed by atoms with E-state index >= 15 is 0 Å². The average Bonchev–Trinajstić information content (AvgIpc) is 3.07. The molecule has 1 aromatic carbocycles. The van der Waals surface area contributed by atoms with Gasteiger partial charge in [-0.1, -0.05) is 43.6 Å². The minimum Gasteiger partial charge on any atom is -0.486 e. The van der Waals surface area contributed by atoms with Crippen LogP contribution in [0.4, 0.5) is 0 Å². The summed E-state index contributed by atoms with van der Waals surface area (Å²) in [6.45, 7) is 8.83. The van der Waals surface area contributed by atoms with E-state index in [9.17, 15) is 19.5 Å². The lowest BCUT2D eigenvalue weighted by atomic mass is 9.44. The number of carbonyl (C=O) groups is 3. The topological polar surface area (TPSA) is 92.7 Å².